The fraction of sp³-hybridized carbons (Fsp3) is 0.714. The number of amides is 1. The summed E-state index contributed by atoms with van der Waals surface area (Å²) < 4.78 is 0. The van der Waals surface area contributed by atoms with Gasteiger partial charge in [-0.15, -0.1) is 0 Å². The Balaban J connectivity index is 2.18. The maximum Gasteiger partial charge on any atom is 0.222 e. The molecule has 0 atom stereocenters. The molecule has 1 N–H and O–H groups in total. The van der Waals surface area contributed by atoms with Crippen molar-refractivity contribution in [1.29, 1.82) is 0 Å². The van der Waals surface area contributed by atoms with E-state index in [-0.39, 0.29) is 0 Å². The van der Waals surface area contributed by atoms with Gasteiger partial charge in [-0.05, 0) is 25.7 Å². The van der Waals surface area contributed by atoms with Gasteiger partial charge >= 0.3 is 0 Å². The molecule has 1 radical (unpaired) electrons. The normalized spacial score (nSPS) is 10.6. The van der Waals surface area contributed by atoms with Gasteiger partial charge < -0.3 is 9.88 Å². The molecule has 0 bridgehead atoms. The summed E-state index contributed by atoms with van der Waals surface area (Å²) in [5.41, 5.74) is 0. The largest absolute Gasteiger partial charge is 0.348 e. The van der Waals surface area contributed by atoms with Crippen molar-refractivity contribution < 1.29 is 4.79 Å². The lowest BCUT2D eigenvalue weighted by molar-refractivity contribution is -0.131. The number of rotatable bonds is 9. The number of imidazole rings is 1. The molecule has 1 heterocycles. The van der Waals surface area contributed by atoms with Crippen molar-refractivity contribution in [3.05, 3.63) is 18.2 Å². The van der Waals surface area contributed by atoms with Gasteiger partial charge in [0.25, 0.3) is 0 Å². The molecular formula is C14H24N3O. The molecule has 1 rings (SSSR count). The number of nitrogens with zero attached hydrogens (tertiary/aromatic N) is 2. The highest BCUT2D eigenvalue weighted by Gasteiger charge is 2.10. The maximum absolute atomic E-state index is 12.0. The number of carbonyl (C=O) groups excluding carboxylic acids is 1. The number of hydrogen-bond donors (Lipinski definition) is 1. The molecule has 0 spiro atoms. The zero-order chi connectivity index (χ0) is 13.2. The van der Waals surface area contributed by atoms with Crippen LogP contribution >= 0.6 is 0 Å². The van der Waals surface area contributed by atoms with Crippen molar-refractivity contribution in [1.82, 2.24) is 14.9 Å². The third kappa shape index (κ3) is 5.34. The van der Waals surface area contributed by atoms with E-state index in [1.54, 1.807) is 6.20 Å². The highest BCUT2D eigenvalue weighted by molar-refractivity contribution is 5.76. The average molecular weight is 250 g/mol. The Kier molecular flexibility index (Phi) is 7.14. The number of aromatic amines is 1. The van der Waals surface area contributed by atoms with Gasteiger partial charge in [-0.25, -0.2) is 4.98 Å². The second kappa shape index (κ2) is 8.72. The van der Waals surface area contributed by atoms with Crippen molar-refractivity contribution in [2.75, 3.05) is 13.1 Å². The quantitative estimate of drug-likeness (QED) is 0.685. The second-order valence-corrected chi connectivity index (χ2v) is 4.56. The standard InChI is InChI=1S/C14H24N3O/c1-3-11-17(12-4-2)14(18)8-6-5-7-13-15-9-10-16-13/h9H,3-8,11-12H2,1-2H3,(H,15,16). The minimum absolute atomic E-state index is 0.296. The van der Waals surface area contributed by atoms with Gasteiger partial charge in [0.15, 0.2) is 0 Å². The molecule has 0 aliphatic rings. The number of H-pyrrole nitrogens is 1. The summed E-state index contributed by atoms with van der Waals surface area (Å²) in [7, 11) is 0. The van der Waals surface area contributed by atoms with Crippen LogP contribution in [0.4, 0.5) is 0 Å². The van der Waals surface area contributed by atoms with Crippen LogP contribution in [0.25, 0.3) is 0 Å². The van der Waals surface area contributed by atoms with Crippen LogP contribution in [0.3, 0.4) is 0 Å². The first kappa shape index (κ1) is 14.7. The van der Waals surface area contributed by atoms with Crippen LogP contribution in [-0.4, -0.2) is 33.9 Å². The van der Waals surface area contributed by atoms with Crippen molar-refractivity contribution in [3.8, 4) is 0 Å². The Morgan fingerprint density at radius 3 is 2.61 bits per heavy atom. The second-order valence-electron chi connectivity index (χ2n) is 4.56. The highest BCUT2D eigenvalue weighted by atomic mass is 16.2. The van der Waals surface area contributed by atoms with E-state index < -0.39 is 0 Å². The lowest BCUT2D eigenvalue weighted by Gasteiger charge is -2.21. The molecule has 0 aliphatic heterocycles. The van der Waals surface area contributed by atoms with Gasteiger partial charge in [0.1, 0.15) is 12.0 Å². The fourth-order valence-electron chi connectivity index (χ4n) is 2.01. The molecule has 0 unspecified atom stereocenters. The zero-order valence-corrected chi connectivity index (χ0v) is 11.5. The summed E-state index contributed by atoms with van der Waals surface area (Å²) in [6.45, 7) is 6.01. The van der Waals surface area contributed by atoms with Crippen LogP contribution in [0.5, 0.6) is 0 Å². The third-order valence-electron chi connectivity index (χ3n) is 2.90. The minimum atomic E-state index is 0.296. The summed E-state index contributed by atoms with van der Waals surface area (Å²) in [5, 5.41) is 0. The van der Waals surface area contributed by atoms with Gasteiger partial charge in [0, 0.05) is 32.1 Å². The fourth-order valence-corrected chi connectivity index (χ4v) is 2.01. The van der Waals surface area contributed by atoms with Gasteiger partial charge in [-0.1, -0.05) is 13.8 Å². The SMILES string of the molecule is CCCN(CCC)C(=O)CCCCc1n[c]c[nH]1. The Hall–Kier alpha value is -1.32. The molecule has 4 heteroatoms. The van der Waals surface area contributed by atoms with Gasteiger partial charge in [-0.2, -0.15) is 0 Å². The van der Waals surface area contributed by atoms with E-state index in [1.807, 2.05) is 4.90 Å². The Morgan fingerprint density at radius 1 is 1.33 bits per heavy atom. The molecule has 1 aromatic heterocycles. The number of hydrogen-bond acceptors (Lipinski definition) is 2. The van der Waals surface area contributed by atoms with Crippen LogP contribution < -0.4 is 0 Å². The van der Waals surface area contributed by atoms with Crippen molar-refractivity contribution >= 4 is 5.91 Å². The van der Waals surface area contributed by atoms with Crippen LogP contribution in [0.15, 0.2) is 6.20 Å². The number of unbranched alkanes of at least 4 members (excludes halogenated alkanes) is 1. The van der Waals surface area contributed by atoms with Crippen LogP contribution in [-0.2, 0) is 11.2 Å². The summed E-state index contributed by atoms with van der Waals surface area (Å²) in [6, 6.07) is 0. The Bertz CT molecular complexity index is 316. The first-order chi connectivity index (χ1) is 8.77. The molecule has 1 amide bonds. The Morgan fingerprint density at radius 2 is 2.06 bits per heavy atom. The van der Waals surface area contributed by atoms with Crippen LogP contribution in [0.1, 0.15) is 51.8 Å². The third-order valence-corrected chi connectivity index (χ3v) is 2.90. The van der Waals surface area contributed by atoms with E-state index >= 15 is 0 Å². The molecule has 0 saturated heterocycles. The highest BCUT2D eigenvalue weighted by Crippen LogP contribution is 2.05. The monoisotopic (exact) mass is 250 g/mol. The average Bonchev–Trinajstić information content (AvgIpc) is 2.87. The van der Waals surface area contributed by atoms with E-state index in [9.17, 15) is 4.79 Å². The summed E-state index contributed by atoms with van der Waals surface area (Å²) in [4.78, 5) is 21.0. The molecular weight excluding hydrogens is 226 g/mol. The smallest absolute Gasteiger partial charge is 0.222 e. The first-order valence-corrected chi connectivity index (χ1v) is 6.96. The molecule has 0 saturated carbocycles. The molecule has 0 fully saturated rings. The Labute approximate surface area is 110 Å². The maximum atomic E-state index is 12.0. The molecule has 0 aliphatic carbocycles. The van der Waals surface area contributed by atoms with Gasteiger partial charge in [0.2, 0.25) is 5.91 Å². The lowest BCUT2D eigenvalue weighted by atomic mass is 10.1. The van der Waals surface area contributed by atoms with Crippen molar-refractivity contribution in [2.45, 2.75) is 52.4 Å². The van der Waals surface area contributed by atoms with E-state index in [4.69, 9.17) is 0 Å². The predicted molar refractivity (Wildman–Crippen MR) is 72.1 cm³/mol. The number of aromatic nitrogens is 2. The van der Waals surface area contributed by atoms with Gasteiger partial charge in [0.05, 0.1) is 0 Å². The number of carbonyl (C=O) groups is 1. The lowest BCUT2D eigenvalue weighted by Crippen LogP contribution is -2.32. The summed E-state index contributed by atoms with van der Waals surface area (Å²) in [6.07, 6.45) is 10.0. The topological polar surface area (TPSA) is 49.0 Å². The molecule has 1 aromatic rings. The molecule has 18 heavy (non-hydrogen) atoms. The first-order valence-electron chi connectivity index (χ1n) is 6.96. The summed E-state index contributed by atoms with van der Waals surface area (Å²) >= 11 is 0. The van der Waals surface area contributed by atoms with E-state index in [1.165, 1.54) is 0 Å². The zero-order valence-electron chi connectivity index (χ0n) is 11.5. The van der Waals surface area contributed by atoms with Crippen LogP contribution in [0.2, 0.25) is 0 Å². The number of nitrogens with one attached hydrogen (secondary N) is 1. The van der Waals surface area contributed by atoms with E-state index in [0.717, 1.165) is 51.0 Å². The van der Waals surface area contributed by atoms with E-state index in [2.05, 4.69) is 30.0 Å². The number of aryl methyl sites for hydroxylation is 1. The summed E-state index contributed by atoms with van der Waals surface area (Å²) in [5.74, 6) is 1.26. The molecule has 101 valence electrons. The van der Waals surface area contributed by atoms with Gasteiger partial charge in [-0.3, -0.25) is 4.79 Å². The van der Waals surface area contributed by atoms with Crippen LogP contribution in [0, 0.1) is 6.20 Å². The minimum Gasteiger partial charge on any atom is -0.348 e. The van der Waals surface area contributed by atoms with Crippen molar-refractivity contribution in [3.63, 3.8) is 0 Å². The van der Waals surface area contributed by atoms with Crippen molar-refractivity contribution in [2.24, 2.45) is 0 Å². The predicted octanol–water partition coefficient (Wildman–Crippen LogP) is 2.57. The molecule has 0 aromatic carbocycles. The van der Waals surface area contributed by atoms with E-state index in [0.29, 0.717) is 12.3 Å². The molecule has 4 nitrogen and oxygen atoms in total.